The minimum Gasteiger partial charge on any atom is -0.435 e. The van der Waals surface area contributed by atoms with Gasteiger partial charge in [-0.2, -0.15) is 0 Å². The Hall–Kier alpha value is 0.571. The van der Waals surface area contributed by atoms with E-state index in [0.717, 1.165) is 5.92 Å². The van der Waals surface area contributed by atoms with Crippen LogP contribution in [0.5, 0.6) is 0 Å². The van der Waals surface area contributed by atoms with E-state index in [-0.39, 0.29) is 10.0 Å². The van der Waals surface area contributed by atoms with E-state index in [1.807, 2.05) is 0 Å². The molecule has 0 spiro atoms. The monoisotopic (exact) mass is 255 g/mol. The standard InChI is InChI=1S/C10H19O2Si3/c13-11-15-12-14-9-10-7-5-3-1-2-4-6-8-10/h10H,1-9H2. The third kappa shape index (κ3) is 7.46. The summed E-state index contributed by atoms with van der Waals surface area (Å²) in [5.41, 5.74) is 0. The smallest absolute Gasteiger partial charge is 0.409 e. The molecular formula is C10H19O2Si3. The van der Waals surface area contributed by atoms with Gasteiger partial charge in [0.15, 0.2) is 0 Å². The molecule has 2 nitrogen and oxygen atoms in total. The van der Waals surface area contributed by atoms with E-state index in [2.05, 4.69) is 10.5 Å². The Bertz CT molecular complexity index is 137. The van der Waals surface area contributed by atoms with Crippen molar-refractivity contribution in [1.82, 2.24) is 0 Å². The fourth-order valence-electron chi connectivity index (χ4n) is 2.13. The molecule has 15 heavy (non-hydrogen) atoms. The van der Waals surface area contributed by atoms with Crippen molar-refractivity contribution >= 4 is 30.3 Å². The van der Waals surface area contributed by atoms with Crippen LogP contribution in [0.3, 0.4) is 0 Å². The Morgan fingerprint density at radius 2 is 1.60 bits per heavy atom. The minimum absolute atomic E-state index is 0.157. The Labute approximate surface area is 102 Å². The van der Waals surface area contributed by atoms with Crippen molar-refractivity contribution in [3.05, 3.63) is 0 Å². The molecule has 83 valence electrons. The lowest BCUT2D eigenvalue weighted by Gasteiger charge is -2.14. The Balaban J connectivity index is 2.07. The molecule has 0 heterocycles. The van der Waals surface area contributed by atoms with Gasteiger partial charge in [0.1, 0.15) is 0 Å². The Kier molecular flexibility index (Phi) is 8.88. The van der Waals surface area contributed by atoms with Gasteiger partial charge in [0.05, 0.1) is 0 Å². The van der Waals surface area contributed by atoms with E-state index < -0.39 is 0 Å². The van der Waals surface area contributed by atoms with Gasteiger partial charge in [-0.1, -0.05) is 51.4 Å². The molecule has 0 amide bonds. The predicted molar refractivity (Wildman–Crippen MR) is 64.7 cm³/mol. The van der Waals surface area contributed by atoms with Crippen LogP contribution in [0.15, 0.2) is 0 Å². The van der Waals surface area contributed by atoms with Crippen LogP contribution in [0.25, 0.3) is 0 Å². The van der Waals surface area contributed by atoms with E-state index in [0.29, 0.717) is 9.76 Å². The normalized spacial score (nSPS) is 20.6. The molecule has 0 unspecified atom stereocenters. The van der Waals surface area contributed by atoms with Crippen LogP contribution in [0.1, 0.15) is 51.4 Å². The van der Waals surface area contributed by atoms with Crippen LogP contribution in [0.2, 0.25) is 6.04 Å². The zero-order valence-corrected chi connectivity index (χ0v) is 12.3. The van der Waals surface area contributed by atoms with E-state index in [1.165, 1.54) is 57.4 Å². The summed E-state index contributed by atoms with van der Waals surface area (Å²) in [4.78, 5) is 0. The van der Waals surface area contributed by atoms with E-state index in [1.54, 1.807) is 0 Å². The van der Waals surface area contributed by atoms with Crippen molar-refractivity contribution in [2.75, 3.05) is 0 Å². The van der Waals surface area contributed by atoms with E-state index in [4.69, 9.17) is 8.23 Å². The fourth-order valence-corrected chi connectivity index (χ4v) is 3.89. The summed E-state index contributed by atoms with van der Waals surface area (Å²) in [5.74, 6) is 0.904. The molecule has 0 N–H and O–H groups in total. The van der Waals surface area contributed by atoms with Gasteiger partial charge in [-0.3, -0.25) is 0 Å². The maximum atomic E-state index is 5.37. The first kappa shape index (κ1) is 13.6. The molecule has 0 aliphatic heterocycles. The molecule has 0 aromatic carbocycles. The zero-order chi connectivity index (χ0) is 10.8. The number of hydrogen-bond acceptors (Lipinski definition) is 2. The van der Waals surface area contributed by atoms with Crippen LogP contribution in [-0.2, 0) is 8.23 Å². The largest absolute Gasteiger partial charge is 0.435 e. The first-order valence-electron chi connectivity index (χ1n) is 5.89. The second-order valence-electron chi connectivity index (χ2n) is 4.20. The number of hydrogen-bond donors (Lipinski definition) is 0. The highest BCUT2D eigenvalue weighted by Crippen LogP contribution is 2.24. The summed E-state index contributed by atoms with van der Waals surface area (Å²) in [6, 6.07) is 1.24. The lowest BCUT2D eigenvalue weighted by molar-refractivity contribution is 0.441. The molecule has 1 rings (SSSR count). The molecule has 1 aliphatic rings. The molecule has 7 radical (unpaired) electrons. The topological polar surface area (TPSA) is 18.5 Å². The molecule has 0 bridgehead atoms. The van der Waals surface area contributed by atoms with Gasteiger partial charge in [0, 0.05) is 0 Å². The quantitative estimate of drug-likeness (QED) is 0.555. The van der Waals surface area contributed by atoms with Crippen molar-refractivity contribution < 1.29 is 8.23 Å². The molecule has 1 saturated carbocycles. The maximum absolute atomic E-state index is 5.37. The average Bonchev–Trinajstić information content (AvgIpc) is 2.38. The molecule has 0 aromatic rings. The highest BCUT2D eigenvalue weighted by Gasteiger charge is 2.11. The molecule has 1 aliphatic carbocycles. The molecule has 0 atom stereocenters. The first-order chi connectivity index (χ1) is 7.43. The van der Waals surface area contributed by atoms with E-state index in [9.17, 15) is 0 Å². The third-order valence-electron chi connectivity index (χ3n) is 3.00. The van der Waals surface area contributed by atoms with Crippen LogP contribution in [0, 0.1) is 5.92 Å². The first-order valence-corrected chi connectivity index (χ1v) is 8.23. The second kappa shape index (κ2) is 9.77. The number of rotatable bonds is 5. The van der Waals surface area contributed by atoms with Gasteiger partial charge in [0.2, 0.25) is 20.2 Å². The van der Waals surface area contributed by atoms with Crippen molar-refractivity contribution in [1.29, 1.82) is 0 Å². The van der Waals surface area contributed by atoms with Gasteiger partial charge in [-0.15, -0.1) is 0 Å². The van der Waals surface area contributed by atoms with Crippen LogP contribution < -0.4 is 0 Å². The molecule has 5 heteroatoms. The maximum Gasteiger partial charge on any atom is 0.409 e. The Morgan fingerprint density at radius 3 is 2.20 bits per heavy atom. The predicted octanol–water partition coefficient (Wildman–Crippen LogP) is 2.43. The van der Waals surface area contributed by atoms with Gasteiger partial charge < -0.3 is 8.23 Å². The SMILES string of the molecule is [Si]O[Si]O[Si]CC1CCCCCCCC1. The van der Waals surface area contributed by atoms with E-state index >= 15 is 0 Å². The Morgan fingerprint density at radius 1 is 1.00 bits per heavy atom. The molecule has 0 saturated heterocycles. The van der Waals surface area contributed by atoms with Crippen molar-refractivity contribution in [3.8, 4) is 0 Å². The molecule has 1 fully saturated rings. The highest BCUT2D eigenvalue weighted by atomic mass is 28.3. The third-order valence-corrected chi connectivity index (χ3v) is 4.99. The van der Waals surface area contributed by atoms with Crippen molar-refractivity contribution in [2.24, 2.45) is 5.92 Å². The lowest BCUT2D eigenvalue weighted by atomic mass is 9.99. The van der Waals surface area contributed by atoms with Gasteiger partial charge in [0.25, 0.3) is 0 Å². The summed E-state index contributed by atoms with van der Waals surface area (Å²) in [5, 5.41) is 0. The lowest BCUT2D eigenvalue weighted by Crippen LogP contribution is -2.11. The van der Waals surface area contributed by atoms with Crippen LogP contribution >= 0.6 is 0 Å². The molecular weight excluding hydrogens is 236 g/mol. The summed E-state index contributed by atoms with van der Waals surface area (Å²) >= 11 is 0. The summed E-state index contributed by atoms with van der Waals surface area (Å²) in [7, 11) is 3.72. The van der Waals surface area contributed by atoms with Gasteiger partial charge >= 0.3 is 10.0 Å². The second-order valence-corrected chi connectivity index (χ2v) is 6.70. The van der Waals surface area contributed by atoms with Gasteiger partial charge in [-0.25, -0.2) is 0 Å². The van der Waals surface area contributed by atoms with Crippen molar-refractivity contribution in [3.63, 3.8) is 0 Å². The zero-order valence-electron chi connectivity index (χ0n) is 9.26. The van der Waals surface area contributed by atoms with Crippen LogP contribution in [0.4, 0.5) is 0 Å². The summed E-state index contributed by atoms with van der Waals surface area (Å²) in [6.07, 6.45) is 11.4. The van der Waals surface area contributed by atoms with Gasteiger partial charge in [-0.05, 0) is 12.0 Å². The van der Waals surface area contributed by atoms with Crippen molar-refractivity contribution in [2.45, 2.75) is 57.4 Å². The minimum atomic E-state index is 0.157. The molecule has 0 aromatic heterocycles. The summed E-state index contributed by atoms with van der Waals surface area (Å²) in [6.45, 7) is 0. The van der Waals surface area contributed by atoms with Crippen LogP contribution in [-0.4, -0.2) is 30.3 Å². The highest BCUT2D eigenvalue weighted by molar-refractivity contribution is 6.41. The summed E-state index contributed by atoms with van der Waals surface area (Å²) < 4.78 is 10.1. The fraction of sp³-hybridized carbons (Fsp3) is 1.00. The average molecular weight is 256 g/mol.